The van der Waals surface area contributed by atoms with Crippen molar-refractivity contribution in [3.8, 4) is 34.1 Å². The lowest BCUT2D eigenvalue weighted by atomic mass is 10.0. The molecule has 1 fully saturated rings. The Morgan fingerprint density at radius 3 is 2.38 bits per heavy atom. The van der Waals surface area contributed by atoms with Gasteiger partial charge in [-0.1, -0.05) is 18.6 Å². The predicted octanol–water partition coefficient (Wildman–Crippen LogP) is 3.57. The molecule has 152 valence electrons. The summed E-state index contributed by atoms with van der Waals surface area (Å²) in [5, 5.41) is 30.8. The summed E-state index contributed by atoms with van der Waals surface area (Å²) in [6, 6.07) is 6.13. The second kappa shape index (κ2) is 7.67. The van der Waals surface area contributed by atoms with Crippen LogP contribution in [-0.4, -0.2) is 40.4 Å². The van der Waals surface area contributed by atoms with Crippen molar-refractivity contribution in [1.29, 1.82) is 0 Å². The number of likely N-dealkylation sites (tertiary alicyclic amines) is 1. The summed E-state index contributed by atoms with van der Waals surface area (Å²) < 4.78 is 11.0. The Morgan fingerprint density at radius 1 is 1.03 bits per heavy atom. The SMILES string of the molecule is COc1c(O)c(CN2CCCCC2)c2occ(-c3ccc(O)cc3)c(=O)c2c1O. The van der Waals surface area contributed by atoms with Gasteiger partial charge in [0.25, 0.3) is 0 Å². The molecule has 1 aliphatic heterocycles. The molecule has 2 aromatic carbocycles. The molecule has 1 aromatic heterocycles. The molecule has 7 heteroatoms. The standard InChI is InChI=1S/C22H23NO6/c1-28-22-19(26)15(11-23-9-3-2-4-10-23)21-17(20(22)27)18(25)16(12-29-21)13-5-7-14(24)8-6-13/h5-8,12,24,26-27H,2-4,9-11H2,1H3. The molecule has 0 aliphatic carbocycles. The van der Waals surface area contributed by atoms with E-state index in [0.29, 0.717) is 17.7 Å². The smallest absolute Gasteiger partial charge is 0.204 e. The minimum Gasteiger partial charge on any atom is -0.508 e. The maximum absolute atomic E-state index is 13.2. The van der Waals surface area contributed by atoms with Crippen LogP contribution in [0.3, 0.4) is 0 Å². The molecule has 1 aliphatic rings. The van der Waals surface area contributed by atoms with E-state index in [4.69, 9.17) is 9.15 Å². The van der Waals surface area contributed by atoms with Gasteiger partial charge in [0, 0.05) is 6.54 Å². The Balaban J connectivity index is 1.92. The van der Waals surface area contributed by atoms with Gasteiger partial charge in [-0.25, -0.2) is 0 Å². The Labute approximate surface area is 167 Å². The molecule has 2 heterocycles. The van der Waals surface area contributed by atoms with Gasteiger partial charge in [-0.15, -0.1) is 0 Å². The molecule has 29 heavy (non-hydrogen) atoms. The normalized spacial score (nSPS) is 14.9. The topological polar surface area (TPSA) is 103 Å². The number of hydrogen-bond acceptors (Lipinski definition) is 7. The van der Waals surface area contributed by atoms with Crippen molar-refractivity contribution in [3.63, 3.8) is 0 Å². The van der Waals surface area contributed by atoms with Crippen LogP contribution in [0, 0.1) is 0 Å². The van der Waals surface area contributed by atoms with Gasteiger partial charge in [-0.2, -0.15) is 0 Å². The van der Waals surface area contributed by atoms with Crippen LogP contribution in [0.1, 0.15) is 24.8 Å². The average molecular weight is 397 g/mol. The van der Waals surface area contributed by atoms with Gasteiger partial charge in [0.15, 0.2) is 11.5 Å². The zero-order valence-corrected chi connectivity index (χ0v) is 16.1. The van der Waals surface area contributed by atoms with E-state index in [-0.39, 0.29) is 33.8 Å². The molecule has 0 spiro atoms. The first-order valence-corrected chi connectivity index (χ1v) is 9.59. The van der Waals surface area contributed by atoms with Crippen molar-refractivity contribution in [2.75, 3.05) is 20.2 Å². The number of piperidine rings is 1. The Morgan fingerprint density at radius 2 is 1.72 bits per heavy atom. The second-order valence-corrected chi connectivity index (χ2v) is 7.28. The van der Waals surface area contributed by atoms with Crippen LogP contribution in [0.25, 0.3) is 22.1 Å². The number of aromatic hydroxyl groups is 3. The lowest BCUT2D eigenvalue weighted by molar-refractivity contribution is 0.217. The van der Waals surface area contributed by atoms with Crippen LogP contribution in [-0.2, 0) is 6.54 Å². The summed E-state index contributed by atoms with van der Waals surface area (Å²) in [6.07, 6.45) is 4.64. The molecule has 0 unspecified atom stereocenters. The molecule has 0 bridgehead atoms. The highest BCUT2D eigenvalue weighted by Crippen LogP contribution is 2.45. The summed E-state index contributed by atoms with van der Waals surface area (Å²) in [4.78, 5) is 15.4. The third-order valence-electron chi connectivity index (χ3n) is 5.43. The van der Waals surface area contributed by atoms with E-state index in [2.05, 4.69) is 4.90 Å². The van der Waals surface area contributed by atoms with Crippen molar-refractivity contribution < 1.29 is 24.5 Å². The number of nitrogens with zero attached hydrogens (tertiary/aromatic N) is 1. The number of phenolic OH excluding ortho intramolecular Hbond substituents is 3. The highest BCUT2D eigenvalue weighted by atomic mass is 16.5. The van der Waals surface area contributed by atoms with Gasteiger partial charge in [0.2, 0.25) is 11.2 Å². The van der Waals surface area contributed by atoms with Gasteiger partial charge in [-0.05, 0) is 43.6 Å². The second-order valence-electron chi connectivity index (χ2n) is 7.28. The maximum Gasteiger partial charge on any atom is 0.204 e. The van der Waals surface area contributed by atoms with E-state index in [1.807, 2.05) is 0 Å². The zero-order chi connectivity index (χ0) is 20.5. The van der Waals surface area contributed by atoms with Crippen LogP contribution in [0.2, 0.25) is 0 Å². The fraction of sp³-hybridized carbons (Fsp3) is 0.318. The first kappa shape index (κ1) is 19.1. The molecule has 0 radical (unpaired) electrons. The molecular formula is C22H23NO6. The van der Waals surface area contributed by atoms with E-state index in [1.165, 1.54) is 31.9 Å². The van der Waals surface area contributed by atoms with Gasteiger partial charge >= 0.3 is 0 Å². The Kier molecular flexibility index (Phi) is 5.07. The molecule has 1 saturated heterocycles. The monoisotopic (exact) mass is 397 g/mol. The van der Waals surface area contributed by atoms with E-state index >= 15 is 0 Å². The van der Waals surface area contributed by atoms with Crippen molar-refractivity contribution in [2.45, 2.75) is 25.8 Å². The lowest BCUT2D eigenvalue weighted by Crippen LogP contribution is -2.29. The van der Waals surface area contributed by atoms with Crippen LogP contribution in [0.5, 0.6) is 23.0 Å². The summed E-state index contributed by atoms with van der Waals surface area (Å²) in [5.74, 6) is -0.725. The van der Waals surface area contributed by atoms with E-state index in [1.54, 1.807) is 12.1 Å². The van der Waals surface area contributed by atoms with Gasteiger partial charge in [0.1, 0.15) is 23.0 Å². The fourth-order valence-corrected chi connectivity index (χ4v) is 3.90. The van der Waals surface area contributed by atoms with Gasteiger partial charge in [-0.3, -0.25) is 9.69 Å². The zero-order valence-electron chi connectivity index (χ0n) is 16.1. The molecule has 3 N–H and O–H groups in total. The summed E-state index contributed by atoms with van der Waals surface area (Å²) in [5.41, 5.74) is 0.921. The molecule has 7 nitrogen and oxygen atoms in total. The first-order chi connectivity index (χ1) is 14.0. The highest BCUT2D eigenvalue weighted by molar-refractivity contribution is 5.93. The van der Waals surface area contributed by atoms with E-state index < -0.39 is 11.2 Å². The van der Waals surface area contributed by atoms with Crippen molar-refractivity contribution in [2.24, 2.45) is 0 Å². The molecule has 0 saturated carbocycles. The molecular weight excluding hydrogens is 374 g/mol. The van der Waals surface area contributed by atoms with Crippen molar-refractivity contribution in [1.82, 2.24) is 4.90 Å². The van der Waals surface area contributed by atoms with E-state index in [0.717, 1.165) is 25.9 Å². The maximum atomic E-state index is 13.2. The third-order valence-corrected chi connectivity index (χ3v) is 5.43. The summed E-state index contributed by atoms with van der Waals surface area (Å²) in [7, 11) is 1.33. The van der Waals surface area contributed by atoms with Crippen LogP contribution < -0.4 is 10.2 Å². The third kappa shape index (κ3) is 3.38. The largest absolute Gasteiger partial charge is 0.508 e. The molecule has 3 aromatic rings. The first-order valence-electron chi connectivity index (χ1n) is 9.59. The number of hydrogen-bond donors (Lipinski definition) is 3. The quantitative estimate of drug-likeness (QED) is 0.618. The minimum absolute atomic E-state index is 0.0303. The predicted molar refractivity (Wildman–Crippen MR) is 109 cm³/mol. The van der Waals surface area contributed by atoms with E-state index in [9.17, 15) is 20.1 Å². The van der Waals surface area contributed by atoms with Crippen molar-refractivity contribution in [3.05, 3.63) is 46.3 Å². The molecule has 4 rings (SSSR count). The van der Waals surface area contributed by atoms with Crippen molar-refractivity contribution >= 4 is 11.0 Å². The number of phenols is 3. The van der Waals surface area contributed by atoms with Gasteiger partial charge in [0.05, 0.1) is 18.2 Å². The van der Waals surface area contributed by atoms with Crippen LogP contribution in [0.4, 0.5) is 0 Å². The van der Waals surface area contributed by atoms with Crippen LogP contribution in [0.15, 0.2) is 39.7 Å². The fourth-order valence-electron chi connectivity index (χ4n) is 3.90. The summed E-state index contributed by atoms with van der Waals surface area (Å²) >= 11 is 0. The average Bonchev–Trinajstić information content (AvgIpc) is 2.73. The highest BCUT2D eigenvalue weighted by Gasteiger charge is 2.26. The van der Waals surface area contributed by atoms with Crippen LogP contribution >= 0.6 is 0 Å². The number of rotatable bonds is 4. The molecule has 0 atom stereocenters. The number of benzene rings is 2. The Bertz CT molecular complexity index is 1100. The summed E-state index contributed by atoms with van der Waals surface area (Å²) in [6.45, 7) is 2.17. The Hall–Kier alpha value is -3.19. The number of fused-ring (bicyclic) bond motifs is 1. The number of methoxy groups -OCH3 is 1. The minimum atomic E-state index is -0.447. The molecule has 0 amide bonds. The lowest BCUT2D eigenvalue weighted by Gasteiger charge is -2.27. The van der Waals surface area contributed by atoms with Gasteiger partial charge < -0.3 is 24.5 Å². The number of ether oxygens (including phenoxy) is 1.